The summed E-state index contributed by atoms with van der Waals surface area (Å²) in [6.45, 7) is 4.30. The van der Waals surface area contributed by atoms with Gasteiger partial charge in [-0.25, -0.2) is 0 Å². The zero-order valence-electron chi connectivity index (χ0n) is 13.6. The fraction of sp³-hybridized carbons (Fsp3) is 0.632. The van der Waals surface area contributed by atoms with Gasteiger partial charge < -0.3 is 5.32 Å². The smallest absolute Gasteiger partial charge is 0.0982 e. The van der Waals surface area contributed by atoms with Crippen molar-refractivity contribution in [3.63, 3.8) is 0 Å². The van der Waals surface area contributed by atoms with Gasteiger partial charge in [0, 0.05) is 5.69 Å². The maximum absolute atomic E-state index is 5.21. The third kappa shape index (κ3) is 2.90. The van der Waals surface area contributed by atoms with Gasteiger partial charge in [-0.1, -0.05) is 18.2 Å². The van der Waals surface area contributed by atoms with E-state index in [1.54, 1.807) is 0 Å². The molecule has 1 N–H and O–H groups in total. The number of rotatable bonds is 2. The molecule has 0 aliphatic heterocycles. The van der Waals surface area contributed by atoms with Crippen LogP contribution < -0.4 is 5.32 Å². The van der Waals surface area contributed by atoms with Crippen LogP contribution in [0.25, 0.3) is 0 Å². The lowest BCUT2D eigenvalue weighted by atomic mass is 9.53. The molecule has 120 valence electrons. The van der Waals surface area contributed by atoms with E-state index in [4.69, 9.17) is 4.99 Å². The van der Waals surface area contributed by atoms with Crippen molar-refractivity contribution >= 4 is 23.9 Å². The fourth-order valence-electron chi connectivity index (χ4n) is 5.49. The van der Waals surface area contributed by atoms with E-state index in [0.717, 1.165) is 23.6 Å². The highest BCUT2D eigenvalue weighted by atomic mass is 35.5. The summed E-state index contributed by atoms with van der Waals surface area (Å²) >= 11 is 0. The second kappa shape index (κ2) is 5.88. The highest BCUT2D eigenvalue weighted by molar-refractivity contribution is 5.94. The number of hydrogen-bond acceptors (Lipinski definition) is 1. The molecule has 1 aromatic rings. The topological polar surface area (TPSA) is 24.4 Å². The van der Waals surface area contributed by atoms with Crippen LogP contribution in [0.4, 0.5) is 5.69 Å². The molecule has 4 aliphatic carbocycles. The molecular weight excluding hydrogens is 292 g/mol. The van der Waals surface area contributed by atoms with Crippen LogP contribution in [0.15, 0.2) is 29.3 Å². The molecule has 4 bridgehead atoms. The molecule has 4 fully saturated rings. The van der Waals surface area contributed by atoms with E-state index in [0.29, 0.717) is 0 Å². The Morgan fingerprint density at radius 2 is 1.59 bits per heavy atom. The minimum atomic E-state index is 0. The normalized spacial score (nSPS) is 36.1. The standard InChI is InChI=1S/C19H26N2.ClH/c1-13-5-3-4-6-18(13)20-14(2)21-19-10-15-7-16(11-19)9-17(8-15)12-19;/h3-6,15-17H,7-12H2,1-2H3,(H,20,21);1H. The molecule has 0 unspecified atom stereocenters. The molecule has 1 aromatic carbocycles. The van der Waals surface area contributed by atoms with Gasteiger partial charge in [-0.15, -0.1) is 12.4 Å². The molecular formula is C19H27ClN2. The molecule has 0 saturated heterocycles. The van der Waals surface area contributed by atoms with Crippen molar-refractivity contribution in [2.24, 2.45) is 22.7 Å². The van der Waals surface area contributed by atoms with E-state index in [1.165, 1.54) is 49.8 Å². The summed E-state index contributed by atoms with van der Waals surface area (Å²) in [6.07, 6.45) is 8.47. The molecule has 0 radical (unpaired) electrons. The Morgan fingerprint density at radius 1 is 1.05 bits per heavy atom. The van der Waals surface area contributed by atoms with E-state index in [2.05, 4.69) is 43.4 Å². The van der Waals surface area contributed by atoms with Crippen LogP contribution in [-0.2, 0) is 0 Å². The van der Waals surface area contributed by atoms with Crippen molar-refractivity contribution in [3.05, 3.63) is 29.8 Å². The van der Waals surface area contributed by atoms with Crippen LogP contribution in [0.1, 0.15) is 51.0 Å². The van der Waals surface area contributed by atoms with Crippen LogP contribution in [0.3, 0.4) is 0 Å². The number of para-hydroxylation sites is 1. The third-order valence-corrected chi connectivity index (χ3v) is 5.87. The maximum atomic E-state index is 5.21. The first-order valence-electron chi connectivity index (χ1n) is 8.51. The zero-order chi connectivity index (χ0) is 14.4. The first-order chi connectivity index (χ1) is 10.1. The van der Waals surface area contributed by atoms with E-state index >= 15 is 0 Å². The molecule has 22 heavy (non-hydrogen) atoms. The first kappa shape index (κ1) is 15.9. The highest BCUT2D eigenvalue weighted by Crippen LogP contribution is 2.57. The molecule has 4 aliphatic rings. The maximum Gasteiger partial charge on any atom is 0.0982 e. The Balaban J connectivity index is 0.00000144. The second-order valence-electron chi connectivity index (χ2n) is 7.78. The summed E-state index contributed by atoms with van der Waals surface area (Å²) in [5.74, 6) is 4.00. The van der Waals surface area contributed by atoms with Crippen molar-refractivity contribution in [1.29, 1.82) is 0 Å². The van der Waals surface area contributed by atoms with Gasteiger partial charge in [0.25, 0.3) is 0 Å². The average molecular weight is 319 g/mol. The molecule has 0 heterocycles. The molecule has 0 spiro atoms. The Bertz CT molecular complexity index is 543. The number of nitrogens with zero attached hydrogens (tertiary/aromatic N) is 1. The zero-order valence-corrected chi connectivity index (χ0v) is 14.5. The van der Waals surface area contributed by atoms with Crippen molar-refractivity contribution < 1.29 is 0 Å². The summed E-state index contributed by atoms with van der Waals surface area (Å²) in [6, 6.07) is 8.48. The van der Waals surface area contributed by atoms with Gasteiger partial charge in [-0.3, -0.25) is 4.99 Å². The van der Waals surface area contributed by atoms with E-state index < -0.39 is 0 Å². The van der Waals surface area contributed by atoms with Gasteiger partial charge in [-0.05, 0) is 81.8 Å². The van der Waals surface area contributed by atoms with Gasteiger partial charge >= 0.3 is 0 Å². The molecule has 4 saturated carbocycles. The summed E-state index contributed by atoms with van der Waals surface area (Å²) < 4.78 is 0. The van der Waals surface area contributed by atoms with Crippen LogP contribution in [0, 0.1) is 24.7 Å². The van der Waals surface area contributed by atoms with Crippen molar-refractivity contribution in [2.75, 3.05) is 5.32 Å². The lowest BCUT2D eigenvalue weighted by Crippen LogP contribution is -2.49. The lowest BCUT2D eigenvalue weighted by molar-refractivity contribution is 0.00167. The molecule has 0 atom stereocenters. The molecule has 0 aromatic heterocycles. The Hall–Kier alpha value is -1.02. The highest BCUT2D eigenvalue weighted by Gasteiger charge is 2.50. The molecule has 3 heteroatoms. The average Bonchev–Trinajstić information content (AvgIpc) is 2.39. The quantitative estimate of drug-likeness (QED) is 0.587. The fourth-order valence-corrected chi connectivity index (χ4v) is 5.49. The van der Waals surface area contributed by atoms with Crippen LogP contribution in [0.5, 0.6) is 0 Å². The Kier molecular flexibility index (Phi) is 4.24. The van der Waals surface area contributed by atoms with Crippen LogP contribution in [-0.4, -0.2) is 11.4 Å². The molecule has 0 amide bonds. The number of amidine groups is 1. The Morgan fingerprint density at radius 3 is 2.14 bits per heavy atom. The minimum Gasteiger partial charge on any atom is -0.344 e. The van der Waals surface area contributed by atoms with E-state index in [1.807, 2.05) is 0 Å². The molecule has 2 nitrogen and oxygen atoms in total. The lowest BCUT2D eigenvalue weighted by Gasteiger charge is -2.55. The predicted molar refractivity (Wildman–Crippen MR) is 96.1 cm³/mol. The van der Waals surface area contributed by atoms with Crippen molar-refractivity contribution in [3.8, 4) is 0 Å². The number of anilines is 1. The summed E-state index contributed by atoms with van der Waals surface area (Å²) in [5.41, 5.74) is 2.76. The number of hydrogen-bond donors (Lipinski definition) is 1. The molecule has 5 rings (SSSR count). The van der Waals surface area contributed by atoms with Gasteiger partial charge in [0.05, 0.1) is 11.4 Å². The number of aryl methyl sites for hydroxylation is 1. The summed E-state index contributed by atoms with van der Waals surface area (Å²) in [7, 11) is 0. The Labute approximate surface area is 140 Å². The van der Waals surface area contributed by atoms with Gasteiger partial charge in [0.15, 0.2) is 0 Å². The minimum absolute atomic E-state index is 0. The second-order valence-corrected chi connectivity index (χ2v) is 7.78. The SMILES string of the molecule is CC(=NC12CC3CC(CC(C3)C1)C2)Nc1ccccc1C.Cl. The number of benzene rings is 1. The monoisotopic (exact) mass is 318 g/mol. The first-order valence-corrected chi connectivity index (χ1v) is 8.51. The van der Waals surface area contributed by atoms with Gasteiger partial charge in [-0.2, -0.15) is 0 Å². The summed E-state index contributed by atoms with van der Waals surface area (Å²) in [4.78, 5) is 5.21. The summed E-state index contributed by atoms with van der Waals surface area (Å²) in [5, 5.41) is 3.54. The van der Waals surface area contributed by atoms with E-state index in [9.17, 15) is 0 Å². The largest absolute Gasteiger partial charge is 0.344 e. The van der Waals surface area contributed by atoms with Gasteiger partial charge in [0.1, 0.15) is 0 Å². The predicted octanol–water partition coefficient (Wildman–Crippen LogP) is 5.22. The number of halogens is 1. The number of nitrogens with one attached hydrogen (secondary N) is 1. The van der Waals surface area contributed by atoms with Crippen LogP contribution >= 0.6 is 12.4 Å². The van der Waals surface area contributed by atoms with Crippen molar-refractivity contribution in [1.82, 2.24) is 0 Å². The van der Waals surface area contributed by atoms with Gasteiger partial charge in [0.2, 0.25) is 0 Å². The third-order valence-electron chi connectivity index (χ3n) is 5.87. The number of aliphatic imine (C=N–C) groups is 1. The van der Waals surface area contributed by atoms with E-state index in [-0.39, 0.29) is 17.9 Å². The van der Waals surface area contributed by atoms with Crippen LogP contribution in [0.2, 0.25) is 0 Å². The van der Waals surface area contributed by atoms with Crippen molar-refractivity contribution in [2.45, 2.75) is 57.9 Å².